The van der Waals surface area contributed by atoms with E-state index in [0.717, 1.165) is 37.1 Å². The summed E-state index contributed by atoms with van der Waals surface area (Å²) in [6, 6.07) is 7.61. The Bertz CT molecular complexity index is 589. The molecule has 0 radical (unpaired) electrons. The van der Waals surface area contributed by atoms with Crippen molar-refractivity contribution in [3.05, 3.63) is 29.8 Å². The lowest BCUT2D eigenvalue weighted by Gasteiger charge is -2.37. The molecule has 5 heteroatoms. The maximum atomic E-state index is 12.5. The van der Waals surface area contributed by atoms with Gasteiger partial charge in [-0.1, -0.05) is 12.1 Å². The molecule has 2 amide bonds. The van der Waals surface area contributed by atoms with E-state index < -0.39 is 0 Å². The van der Waals surface area contributed by atoms with Gasteiger partial charge in [0.05, 0.1) is 18.9 Å². The summed E-state index contributed by atoms with van der Waals surface area (Å²) in [5.74, 6) is 1.20. The molecule has 124 valence electrons. The molecule has 0 bridgehead atoms. The molecule has 1 aromatic carbocycles. The van der Waals surface area contributed by atoms with Crippen molar-refractivity contribution in [2.75, 3.05) is 33.8 Å². The molecule has 0 atom stereocenters. The van der Waals surface area contributed by atoms with Crippen LogP contribution in [0.3, 0.4) is 0 Å². The lowest BCUT2D eigenvalue weighted by atomic mass is 9.77. The van der Waals surface area contributed by atoms with Crippen molar-refractivity contribution >= 4 is 11.8 Å². The van der Waals surface area contributed by atoms with Crippen molar-refractivity contribution in [2.45, 2.75) is 25.7 Å². The molecule has 2 aliphatic rings. The van der Waals surface area contributed by atoms with Crippen LogP contribution in [-0.2, 0) is 16.0 Å². The van der Waals surface area contributed by atoms with Gasteiger partial charge in [-0.05, 0) is 37.0 Å². The Labute approximate surface area is 137 Å². The monoisotopic (exact) mass is 316 g/mol. The maximum Gasteiger partial charge on any atom is 0.228 e. The maximum absolute atomic E-state index is 12.5. The van der Waals surface area contributed by atoms with Crippen LogP contribution in [0.15, 0.2) is 24.3 Å². The predicted octanol–water partition coefficient (Wildman–Crippen LogP) is 1.71. The molecule has 5 nitrogen and oxygen atoms in total. The Morgan fingerprint density at radius 1 is 1.13 bits per heavy atom. The summed E-state index contributed by atoms with van der Waals surface area (Å²) in [4.78, 5) is 28.5. The molecule has 2 heterocycles. The first-order chi connectivity index (χ1) is 11.0. The standard InChI is InChI=1S/C18H24N2O3/c1-19-10-7-18(17(19)22)8-11-20(12-9-18)16(21)13-14-3-5-15(23-2)6-4-14/h3-6H,7-13H2,1-2H3. The highest BCUT2D eigenvalue weighted by atomic mass is 16.5. The average Bonchev–Trinajstić information content (AvgIpc) is 2.85. The van der Waals surface area contributed by atoms with Gasteiger partial charge in [0.25, 0.3) is 0 Å². The minimum atomic E-state index is -0.203. The number of ether oxygens (including phenoxy) is 1. The second-order valence-corrected chi connectivity index (χ2v) is 6.66. The average molecular weight is 316 g/mol. The third kappa shape index (κ3) is 3.05. The number of methoxy groups -OCH3 is 1. The van der Waals surface area contributed by atoms with Crippen molar-refractivity contribution < 1.29 is 14.3 Å². The number of piperidine rings is 1. The van der Waals surface area contributed by atoms with Gasteiger partial charge in [0.2, 0.25) is 11.8 Å². The lowest BCUT2D eigenvalue weighted by Crippen LogP contribution is -2.46. The van der Waals surface area contributed by atoms with Gasteiger partial charge in [-0.15, -0.1) is 0 Å². The van der Waals surface area contributed by atoms with E-state index in [9.17, 15) is 9.59 Å². The van der Waals surface area contributed by atoms with Crippen molar-refractivity contribution in [3.63, 3.8) is 0 Å². The smallest absolute Gasteiger partial charge is 0.228 e. The molecule has 0 aromatic heterocycles. The van der Waals surface area contributed by atoms with Gasteiger partial charge in [0.15, 0.2) is 0 Å². The van der Waals surface area contributed by atoms with E-state index >= 15 is 0 Å². The van der Waals surface area contributed by atoms with Crippen LogP contribution in [0.2, 0.25) is 0 Å². The number of benzene rings is 1. The van der Waals surface area contributed by atoms with E-state index in [1.165, 1.54) is 0 Å². The zero-order chi connectivity index (χ0) is 16.4. The van der Waals surface area contributed by atoms with Gasteiger partial charge in [-0.25, -0.2) is 0 Å². The molecule has 1 aromatic rings. The predicted molar refractivity (Wildman–Crippen MR) is 87.2 cm³/mol. The Kier molecular flexibility index (Phi) is 4.28. The third-order valence-electron chi connectivity index (χ3n) is 5.31. The van der Waals surface area contributed by atoms with Gasteiger partial charge in [0.1, 0.15) is 5.75 Å². The summed E-state index contributed by atoms with van der Waals surface area (Å²) in [5, 5.41) is 0. The first kappa shape index (κ1) is 15.8. The number of amides is 2. The second kappa shape index (κ2) is 6.22. The molecule has 23 heavy (non-hydrogen) atoms. The summed E-state index contributed by atoms with van der Waals surface area (Å²) >= 11 is 0. The highest BCUT2D eigenvalue weighted by Gasteiger charge is 2.47. The highest BCUT2D eigenvalue weighted by Crippen LogP contribution is 2.41. The Hall–Kier alpha value is -2.04. The van der Waals surface area contributed by atoms with E-state index in [0.29, 0.717) is 19.5 Å². The SMILES string of the molecule is COc1ccc(CC(=O)N2CCC3(CCN(C)C3=O)CC2)cc1. The molecule has 0 unspecified atom stereocenters. The van der Waals surface area contributed by atoms with Gasteiger partial charge < -0.3 is 14.5 Å². The first-order valence-corrected chi connectivity index (χ1v) is 8.20. The number of carbonyl (C=O) groups excluding carboxylic acids is 2. The Morgan fingerprint density at radius 2 is 1.74 bits per heavy atom. The fraction of sp³-hybridized carbons (Fsp3) is 0.556. The largest absolute Gasteiger partial charge is 0.497 e. The summed E-state index contributed by atoms with van der Waals surface area (Å²) in [6.45, 7) is 2.22. The molecule has 0 aliphatic carbocycles. The van der Waals surface area contributed by atoms with Gasteiger partial charge in [-0.2, -0.15) is 0 Å². The van der Waals surface area contributed by atoms with Crippen LogP contribution in [0.1, 0.15) is 24.8 Å². The first-order valence-electron chi connectivity index (χ1n) is 8.20. The van der Waals surface area contributed by atoms with Gasteiger partial charge in [0, 0.05) is 26.7 Å². The van der Waals surface area contributed by atoms with E-state index in [-0.39, 0.29) is 17.2 Å². The van der Waals surface area contributed by atoms with Crippen molar-refractivity contribution in [2.24, 2.45) is 5.41 Å². The van der Waals surface area contributed by atoms with E-state index in [1.807, 2.05) is 41.1 Å². The van der Waals surface area contributed by atoms with Crippen LogP contribution in [0, 0.1) is 5.41 Å². The second-order valence-electron chi connectivity index (χ2n) is 6.66. The van der Waals surface area contributed by atoms with E-state index in [4.69, 9.17) is 4.74 Å². The zero-order valence-electron chi connectivity index (χ0n) is 13.9. The normalized spacial score (nSPS) is 20.2. The van der Waals surface area contributed by atoms with Crippen LogP contribution >= 0.6 is 0 Å². The molecule has 2 aliphatic heterocycles. The summed E-state index contributed by atoms with van der Waals surface area (Å²) in [6.07, 6.45) is 2.93. The fourth-order valence-electron chi connectivity index (χ4n) is 3.67. The molecular weight excluding hydrogens is 292 g/mol. The summed E-state index contributed by atoms with van der Waals surface area (Å²) < 4.78 is 5.13. The number of hydrogen-bond donors (Lipinski definition) is 0. The van der Waals surface area contributed by atoms with Crippen LogP contribution in [0.4, 0.5) is 0 Å². The Balaban J connectivity index is 1.57. The van der Waals surface area contributed by atoms with E-state index in [1.54, 1.807) is 7.11 Å². The van der Waals surface area contributed by atoms with Crippen molar-refractivity contribution in [1.29, 1.82) is 0 Å². The summed E-state index contributed by atoms with van der Waals surface area (Å²) in [7, 11) is 3.50. The number of nitrogens with zero attached hydrogens (tertiary/aromatic N) is 2. The number of hydrogen-bond acceptors (Lipinski definition) is 3. The van der Waals surface area contributed by atoms with Gasteiger partial charge in [-0.3, -0.25) is 9.59 Å². The molecular formula is C18H24N2O3. The topological polar surface area (TPSA) is 49.9 Å². The molecule has 0 saturated carbocycles. The molecule has 3 rings (SSSR count). The zero-order valence-corrected chi connectivity index (χ0v) is 13.9. The highest BCUT2D eigenvalue weighted by molar-refractivity contribution is 5.85. The quantitative estimate of drug-likeness (QED) is 0.853. The van der Waals surface area contributed by atoms with Gasteiger partial charge >= 0.3 is 0 Å². The summed E-state index contributed by atoms with van der Waals surface area (Å²) in [5.41, 5.74) is 0.791. The Morgan fingerprint density at radius 3 is 2.26 bits per heavy atom. The molecule has 0 N–H and O–H groups in total. The van der Waals surface area contributed by atoms with Crippen molar-refractivity contribution in [1.82, 2.24) is 9.80 Å². The van der Waals surface area contributed by atoms with Crippen LogP contribution < -0.4 is 4.74 Å². The molecule has 2 fully saturated rings. The van der Waals surface area contributed by atoms with E-state index in [2.05, 4.69) is 0 Å². The van der Waals surface area contributed by atoms with Crippen LogP contribution in [-0.4, -0.2) is 55.4 Å². The minimum absolute atomic E-state index is 0.142. The minimum Gasteiger partial charge on any atom is -0.497 e. The number of rotatable bonds is 3. The lowest BCUT2D eigenvalue weighted by molar-refractivity contribution is -0.141. The third-order valence-corrected chi connectivity index (χ3v) is 5.31. The van der Waals surface area contributed by atoms with Crippen molar-refractivity contribution in [3.8, 4) is 5.75 Å². The van der Waals surface area contributed by atoms with Crippen LogP contribution in [0.5, 0.6) is 5.75 Å². The van der Waals surface area contributed by atoms with Crippen LogP contribution in [0.25, 0.3) is 0 Å². The fourth-order valence-corrected chi connectivity index (χ4v) is 3.67. The number of likely N-dealkylation sites (tertiary alicyclic amines) is 2. The molecule has 1 spiro atoms. The molecule has 2 saturated heterocycles. The number of carbonyl (C=O) groups is 2.